The first-order valence-electron chi connectivity index (χ1n) is 7.95. The van der Waals surface area contributed by atoms with E-state index in [1.54, 1.807) is 33.4 Å². The molecule has 0 aromatic heterocycles. The number of ether oxygens (including phenoxy) is 2. The number of nitrogens with zero attached hydrogens (tertiary/aromatic N) is 1. The molecule has 2 aromatic rings. The molecule has 0 heterocycles. The van der Waals surface area contributed by atoms with Crippen LogP contribution in [0.25, 0.3) is 0 Å². The van der Waals surface area contributed by atoms with E-state index in [-0.39, 0.29) is 6.54 Å². The van der Waals surface area contributed by atoms with Crippen LogP contribution in [-0.4, -0.2) is 34.0 Å². The van der Waals surface area contributed by atoms with Crippen LogP contribution in [0.4, 0.5) is 0 Å². The second kappa shape index (κ2) is 7.45. The summed E-state index contributed by atoms with van der Waals surface area (Å²) >= 11 is 0. The van der Waals surface area contributed by atoms with Gasteiger partial charge in [-0.3, -0.25) is 0 Å². The summed E-state index contributed by atoms with van der Waals surface area (Å²) in [5.74, 6) is 1.26. The molecule has 0 saturated heterocycles. The monoisotopic (exact) mass is 363 g/mol. The Morgan fingerprint density at radius 2 is 1.56 bits per heavy atom. The number of rotatable bonds is 6. The van der Waals surface area contributed by atoms with E-state index < -0.39 is 10.0 Å². The molecular weight excluding hydrogens is 338 g/mol. The summed E-state index contributed by atoms with van der Waals surface area (Å²) < 4.78 is 38.0. The molecule has 0 aliphatic carbocycles. The van der Waals surface area contributed by atoms with Crippen LogP contribution >= 0.6 is 0 Å². The van der Waals surface area contributed by atoms with Gasteiger partial charge in [0.05, 0.1) is 19.1 Å². The molecule has 0 bridgehead atoms. The minimum absolute atomic E-state index is 0.211. The zero-order chi connectivity index (χ0) is 18.8. The molecule has 136 valence electrons. The third-order valence-electron chi connectivity index (χ3n) is 4.16. The van der Waals surface area contributed by atoms with E-state index in [2.05, 4.69) is 0 Å². The second-order valence-corrected chi connectivity index (χ2v) is 8.15. The van der Waals surface area contributed by atoms with Gasteiger partial charge in [-0.15, -0.1) is 0 Å². The third-order valence-corrected chi connectivity index (χ3v) is 6.27. The maximum absolute atomic E-state index is 13.1. The number of methoxy groups -OCH3 is 2. The average Bonchev–Trinajstić information content (AvgIpc) is 2.53. The zero-order valence-corrected chi connectivity index (χ0v) is 16.4. The molecule has 0 aliphatic heterocycles. The molecular formula is C19H25NO4S. The summed E-state index contributed by atoms with van der Waals surface area (Å²) in [7, 11) is 1.11. The summed E-state index contributed by atoms with van der Waals surface area (Å²) in [6, 6.07) is 9.14. The molecule has 0 amide bonds. The van der Waals surface area contributed by atoms with Crippen molar-refractivity contribution >= 4 is 10.0 Å². The Hall–Kier alpha value is -2.05. The van der Waals surface area contributed by atoms with Gasteiger partial charge in [-0.05, 0) is 38.0 Å². The summed E-state index contributed by atoms with van der Waals surface area (Å²) in [4.78, 5) is 0.369. The summed E-state index contributed by atoms with van der Waals surface area (Å²) in [6.45, 7) is 5.83. The fourth-order valence-corrected chi connectivity index (χ4v) is 4.59. The van der Waals surface area contributed by atoms with Crippen molar-refractivity contribution < 1.29 is 17.9 Å². The Labute approximate surface area is 150 Å². The topological polar surface area (TPSA) is 55.8 Å². The van der Waals surface area contributed by atoms with Gasteiger partial charge in [-0.1, -0.05) is 23.8 Å². The molecule has 2 rings (SSSR count). The number of benzene rings is 2. The van der Waals surface area contributed by atoms with E-state index in [1.165, 1.54) is 4.31 Å². The highest BCUT2D eigenvalue weighted by Crippen LogP contribution is 2.29. The fraction of sp³-hybridized carbons (Fsp3) is 0.368. The Balaban J connectivity index is 2.39. The quantitative estimate of drug-likeness (QED) is 0.789. The van der Waals surface area contributed by atoms with Gasteiger partial charge < -0.3 is 9.47 Å². The second-order valence-electron chi connectivity index (χ2n) is 6.17. The maximum atomic E-state index is 13.1. The van der Waals surface area contributed by atoms with Gasteiger partial charge in [-0.2, -0.15) is 4.31 Å². The van der Waals surface area contributed by atoms with Gasteiger partial charge in [0.25, 0.3) is 0 Å². The lowest BCUT2D eigenvalue weighted by atomic mass is 10.1. The van der Waals surface area contributed by atoms with E-state index in [0.29, 0.717) is 16.4 Å². The van der Waals surface area contributed by atoms with Gasteiger partial charge in [-0.25, -0.2) is 8.42 Å². The molecule has 0 N–H and O–H groups in total. The van der Waals surface area contributed by atoms with Crippen LogP contribution in [0.5, 0.6) is 11.5 Å². The smallest absolute Gasteiger partial charge is 0.243 e. The molecule has 0 unspecified atom stereocenters. The number of sulfonamides is 1. The van der Waals surface area contributed by atoms with Crippen molar-refractivity contribution in [2.75, 3.05) is 21.3 Å². The molecule has 5 nitrogen and oxygen atoms in total. The first-order valence-corrected chi connectivity index (χ1v) is 9.39. The highest BCUT2D eigenvalue weighted by atomic mass is 32.2. The molecule has 0 fully saturated rings. The highest BCUT2D eigenvalue weighted by Gasteiger charge is 2.26. The van der Waals surface area contributed by atoms with Crippen LogP contribution in [-0.2, 0) is 16.6 Å². The minimum atomic E-state index is -3.61. The van der Waals surface area contributed by atoms with Crippen LogP contribution in [0.15, 0.2) is 35.2 Å². The predicted molar refractivity (Wildman–Crippen MR) is 98.9 cm³/mol. The van der Waals surface area contributed by atoms with Gasteiger partial charge in [0.15, 0.2) is 0 Å². The summed E-state index contributed by atoms with van der Waals surface area (Å²) in [5.41, 5.74) is 3.34. The van der Waals surface area contributed by atoms with Crippen LogP contribution in [0.3, 0.4) is 0 Å². The van der Waals surface area contributed by atoms with Crippen molar-refractivity contribution in [2.24, 2.45) is 0 Å². The highest BCUT2D eigenvalue weighted by molar-refractivity contribution is 7.89. The van der Waals surface area contributed by atoms with Gasteiger partial charge >= 0.3 is 0 Å². The minimum Gasteiger partial charge on any atom is -0.497 e. The molecule has 6 heteroatoms. The normalized spacial score (nSPS) is 11.6. The van der Waals surface area contributed by atoms with Crippen LogP contribution < -0.4 is 9.47 Å². The average molecular weight is 363 g/mol. The van der Waals surface area contributed by atoms with Crippen molar-refractivity contribution in [3.63, 3.8) is 0 Å². The fourth-order valence-electron chi connectivity index (χ4n) is 3.04. The first-order chi connectivity index (χ1) is 11.7. The molecule has 0 atom stereocenters. The number of hydrogen-bond acceptors (Lipinski definition) is 4. The zero-order valence-electron chi connectivity index (χ0n) is 15.6. The van der Waals surface area contributed by atoms with Gasteiger partial charge in [0.2, 0.25) is 10.0 Å². The Morgan fingerprint density at radius 1 is 0.960 bits per heavy atom. The van der Waals surface area contributed by atoms with Gasteiger partial charge in [0, 0.05) is 25.2 Å². The molecule has 0 radical (unpaired) electrons. The lowest BCUT2D eigenvalue weighted by Gasteiger charge is -2.21. The van der Waals surface area contributed by atoms with Crippen molar-refractivity contribution in [3.8, 4) is 11.5 Å². The Bertz CT molecular complexity index is 852. The van der Waals surface area contributed by atoms with Crippen LogP contribution in [0, 0.1) is 20.8 Å². The molecule has 25 heavy (non-hydrogen) atoms. The molecule has 2 aromatic carbocycles. The lowest BCUT2D eigenvalue weighted by molar-refractivity contribution is 0.384. The summed E-state index contributed by atoms with van der Waals surface area (Å²) in [6.07, 6.45) is 0. The molecule has 0 aliphatic rings. The number of aryl methyl sites for hydroxylation is 3. The Kier molecular flexibility index (Phi) is 5.75. The lowest BCUT2D eigenvalue weighted by Crippen LogP contribution is -2.28. The SMILES string of the molecule is COc1ccc(CN(C)S(=O)(=O)c2c(C)cc(C)cc2C)c(OC)c1. The van der Waals surface area contributed by atoms with E-state index in [4.69, 9.17) is 9.47 Å². The third kappa shape index (κ3) is 3.96. The number of hydrogen-bond donors (Lipinski definition) is 0. The van der Waals surface area contributed by atoms with Crippen molar-refractivity contribution in [1.82, 2.24) is 4.31 Å². The van der Waals surface area contributed by atoms with Crippen molar-refractivity contribution in [1.29, 1.82) is 0 Å². The maximum Gasteiger partial charge on any atom is 0.243 e. The molecule has 0 saturated carbocycles. The standard InChI is InChI=1S/C19H25NO4S/c1-13-9-14(2)19(15(3)10-13)25(21,22)20(4)12-16-7-8-17(23-5)11-18(16)24-6/h7-11H,12H2,1-6H3. The largest absolute Gasteiger partial charge is 0.497 e. The first kappa shape index (κ1) is 19.3. The van der Waals surface area contributed by atoms with Crippen LogP contribution in [0.1, 0.15) is 22.3 Å². The van der Waals surface area contributed by atoms with Crippen molar-refractivity contribution in [2.45, 2.75) is 32.2 Å². The van der Waals surface area contributed by atoms with E-state index >= 15 is 0 Å². The van der Waals surface area contributed by atoms with E-state index in [1.807, 2.05) is 39.0 Å². The summed E-state index contributed by atoms with van der Waals surface area (Å²) in [5, 5.41) is 0. The van der Waals surface area contributed by atoms with E-state index in [9.17, 15) is 8.42 Å². The molecule has 0 spiro atoms. The van der Waals surface area contributed by atoms with Gasteiger partial charge in [0.1, 0.15) is 11.5 Å². The van der Waals surface area contributed by atoms with Crippen molar-refractivity contribution in [3.05, 3.63) is 52.6 Å². The van der Waals surface area contributed by atoms with E-state index in [0.717, 1.165) is 22.3 Å². The Morgan fingerprint density at radius 3 is 2.08 bits per heavy atom. The van der Waals surface area contributed by atoms with Crippen LogP contribution in [0.2, 0.25) is 0 Å². The predicted octanol–water partition coefficient (Wildman–Crippen LogP) is 3.45.